The number of ether oxygens (including phenoxy) is 1. The third-order valence-corrected chi connectivity index (χ3v) is 5.84. The monoisotopic (exact) mass is 280 g/mol. The Morgan fingerprint density at radius 2 is 2.00 bits per heavy atom. The summed E-state index contributed by atoms with van der Waals surface area (Å²) in [4.78, 5) is 24.2. The number of ketones is 1. The van der Waals surface area contributed by atoms with Crippen LogP contribution >= 0.6 is 0 Å². The highest BCUT2D eigenvalue weighted by Gasteiger charge is 2.71. The molecule has 6 atom stereocenters. The minimum Gasteiger partial charge on any atom is -0.457 e. The van der Waals surface area contributed by atoms with Crippen molar-refractivity contribution >= 4 is 11.8 Å². The van der Waals surface area contributed by atoms with E-state index in [1.54, 1.807) is 6.92 Å². The van der Waals surface area contributed by atoms with Crippen molar-refractivity contribution in [3.8, 4) is 0 Å². The van der Waals surface area contributed by atoms with Crippen LogP contribution in [0.4, 0.5) is 0 Å². The average Bonchev–Trinajstić information content (AvgIpc) is 2.74. The lowest BCUT2D eigenvalue weighted by atomic mass is 9.64. The number of aliphatic hydroxyl groups excluding tert-OH is 1. The zero-order valence-corrected chi connectivity index (χ0v) is 11.8. The molecule has 20 heavy (non-hydrogen) atoms. The van der Waals surface area contributed by atoms with Gasteiger partial charge in [0.15, 0.2) is 0 Å². The van der Waals surface area contributed by atoms with Crippen LogP contribution < -0.4 is 0 Å². The van der Waals surface area contributed by atoms with E-state index in [0.29, 0.717) is 18.4 Å². The van der Waals surface area contributed by atoms with Gasteiger partial charge in [0.2, 0.25) is 0 Å². The summed E-state index contributed by atoms with van der Waals surface area (Å²) in [5.74, 6) is -1.23. The Hall–Kier alpha value is -1.20. The Kier molecular flexibility index (Phi) is 2.70. The zero-order chi connectivity index (χ0) is 14.9. The largest absolute Gasteiger partial charge is 0.457 e. The minimum absolute atomic E-state index is 0.0927. The second kappa shape index (κ2) is 3.92. The van der Waals surface area contributed by atoms with Crippen molar-refractivity contribution in [3.05, 3.63) is 12.2 Å². The zero-order valence-electron chi connectivity index (χ0n) is 11.8. The van der Waals surface area contributed by atoms with Gasteiger partial charge >= 0.3 is 5.97 Å². The predicted molar refractivity (Wildman–Crippen MR) is 69.6 cm³/mol. The maximum Gasteiger partial charge on any atom is 0.334 e. The van der Waals surface area contributed by atoms with Crippen molar-refractivity contribution in [1.29, 1.82) is 0 Å². The first kappa shape index (κ1) is 13.8. The molecule has 3 rings (SSSR count). The molecule has 0 unspecified atom stereocenters. The molecule has 1 heterocycles. The van der Waals surface area contributed by atoms with E-state index < -0.39 is 29.2 Å². The van der Waals surface area contributed by atoms with Crippen LogP contribution in [0.1, 0.15) is 33.1 Å². The van der Waals surface area contributed by atoms with Gasteiger partial charge in [-0.05, 0) is 25.7 Å². The van der Waals surface area contributed by atoms with Gasteiger partial charge in [-0.15, -0.1) is 0 Å². The molecule has 5 heteroatoms. The van der Waals surface area contributed by atoms with E-state index >= 15 is 0 Å². The smallest absolute Gasteiger partial charge is 0.334 e. The van der Waals surface area contributed by atoms with Crippen molar-refractivity contribution < 1.29 is 24.5 Å². The molecule has 2 N–H and O–H groups in total. The van der Waals surface area contributed by atoms with Gasteiger partial charge in [0.1, 0.15) is 17.5 Å². The standard InChI is InChI=1S/C15H20O5/c1-7-4-5-9-8(2)13(18)20-12(9)14(3)10(16)6-11(17)15(7,14)19/h7,9,11-12,17,19H,2,4-6H2,1,3H3/t7-,9-,11+,12+,14-,15-/m0/s1. The van der Waals surface area contributed by atoms with Gasteiger partial charge in [0.25, 0.3) is 0 Å². The number of carbonyl (C=O) groups is 2. The molecule has 2 saturated carbocycles. The number of hydrogen-bond acceptors (Lipinski definition) is 5. The maximum absolute atomic E-state index is 12.5. The molecule has 2 aliphatic carbocycles. The molecule has 1 aliphatic heterocycles. The summed E-state index contributed by atoms with van der Waals surface area (Å²) in [6.45, 7) is 7.23. The Labute approximate surface area is 117 Å². The molecule has 0 amide bonds. The molecule has 0 aromatic carbocycles. The van der Waals surface area contributed by atoms with Crippen LogP contribution in [0.5, 0.6) is 0 Å². The van der Waals surface area contributed by atoms with E-state index in [4.69, 9.17) is 4.74 Å². The van der Waals surface area contributed by atoms with Crippen LogP contribution in [0.25, 0.3) is 0 Å². The fourth-order valence-electron chi connectivity index (χ4n) is 4.44. The minimum atomic E-state index is -1.55. The fraction of sp³-hybridized carbons (Fsp3) is 0.733. The molecule has 0 bridgehead atoms. The number of fused-ring (bicyclic) bond motifs is 3. The van der Waals surface area contributed by atoms with E-state index in [2.05, 4.69) is 6.58 Å². The first-order valence-electron chi connectivity index (χ1n) is 7.08. The molecule has 3 fully saturated rings. The number of esters is 1. The van der Waals surface area contributed by atoms with Crippen LogP contribution in [-0.2, 0) is 14.3 Å². The summed E-state index contributed by atoms with van der Waals surface area (Å²) >= 11 is 0. The van der Waals surface area contributed by atoms with Crippen LogP contribution in [0.2, 0.25) is 0 Å². The summed E-state index contributed by atoms with van der Waals surface area (Å²) in [5, 5.41) is 21.3. The Morgan fingerprint density at radius 1 is 1.35 bits per heavy atom. The average molecular weight is 280 g/mol. The lowest BCUT2D eigenvalue weighted by Gasteiger charge is -2.45. The summed E-state index contributed by atoms with van der Waals surface area (Å²) in [7, 11) is 0. The van der Waals surface area contributed by atoms with Gasteiger partial charge in [-0.25, -0.2) is 4.79 Å². The van der Waals surface area contributed by atoms with Crippen molar-refractivity contribution in [2.45, 2.75) is 50.9 Å². The number of rotatable bonds is 0. The molecule has 5 nitrogen and oxygen atoms in total. The topological polar surface area (TPSA) is 83.8 Å². The maximum atomic E-state index is 12.5. The SMILES string of the molecule is C=C1C(=O)O[C@@H]2[C@H]1CC[C@H](C)[C@]1(O)[C@H](O)CC(=O)[C@@]21C. The molecular formula is C15H20O5. The predicted octanol–water partition coefficient (Wildman–Crippen LogP) is 0.585. The molecule has 0 aromatic rings. The highest BCUT2D eigenvalue weighted by molar-refractivity contribution is 5.95. The van der Waals surface area contributed by atoms with Gasteiger partial charge in [-0.3, -0.25) is 4.79 Å². The quantitative estimate of drug-likeness (QED) is 0.501. The van der Waals surface area contributed by atoms with E-state index in [1.807, 2.05) is 6.92 Å². The number of hydrogen-bond donors (Lipinski definition) is 2. The highest BCUT2D eigenvalue weighted by Crippen LogP contribution is 2.58. The lowest BCUT2D eigenvalue weighted by Crippen LogP contribution is -2.60. The molecule has 0 spiro atoms. The van der Waals surface area contributed by atoms with E-state index in [-0.39, 0.29) is 24.0 Å². The summed E-state index contributed by atoms with van der Waals surface area (Å²) < 4.78 is 5.38. The van der Waals surface area contributed by atoms with E-state index in [9.17, 15) is 19.8 Å². The third-order valence-electron chi connectivity index (χ3n) is 5.84. The number of carbonyl (C=O) groups excluding carboxylic acids is 2. The third kappa shape index (κ3) is 1.30. The fourth-order valence-corrected chi connectivity index (χ4v) is 4.44. The summed E-state index contributed by atoms with van der Waals surface area (Å²) in [5.41, 5.74) is -2.43. The van der Waals surface area contributed by atoms with Crippen molar-refractivity contribution in [1.82, 2.24) is 0 Å². The van der Waals surface area contributed by atoms with Gasteiger partial charge in [-0.1, -0.05) is 13.5 Å². The number of Topliss-reactive ketones (excluding diaryl/α,β-unsaturated/α-hetero) is 1. The first-order valence-corrected chi connectivity index (χ1v) is 7.08. The van der Waals surface area contributed by atoms with Gasteiger partial charge < -0.3 is 14.9 Å². The van der Waals surface area contributed by atoms with E-state index in [1.165, 1.54) is 0 Å². The van der Waals surface area contributed by atoms with Crippen LogP contribution in [-0.4, -0.2) is 39.8 Å². The molecule has 3 aliphatic rings. The van der Waals surface area contributed by atoms with Crippen molar-refractivity contribution in [2.75, 3.05) is 0 Å². The van der Waals surface area contributed by atoms with Crippen molar-refractivity contribution in [2.24, 2.45) is 17.3 Å². The number of aliphatic hydroxyl groups is 2. The molecular weight excluding hydrogens is 260 g/mol. The van der Waals surface area contributed by atoms with Gasteiger partial charge in [-0.2, -0.15) is 0 Å². The van der Waals surface area contributed by atoms with Crippen LogP contribution in [0, 0.1) is 17.3 Å². The first-order chi connectivity index (χ1) is 9.24. The summed E-state index contributed by atoms with van der Waals surface area (Å²) in [6, 6.07) is 0. The van der Waals surface area contributed by atoms with Crippen LogP contribution in [0.3, 0.4) is 0 Å². The highest BCUT2D eigenvalue weighted by atomic mass is 16.6. The Balaban J connectivity index is 2.17. The summed E-state index contributed by atoms with van der Waals surface area (Å²) in [6.07, 6.45) is -0.671. The second-order valence-electron chi connectivity index (χ2n) is 6.61. The van der Waals surface area contributed by atoms with Gasteiger partial charge in [0.05, 0.1) is 11.5 Å². The second-order valence-corrected chi connectivity index (χ2v) is 6.61. The molecule has 1 saturated heterocycles. The van der Waals surface area contributed by atoms with Crippen LogP contribution in [0.15, 0.2) is 12.2 Å². The Bertz CT molecular complexity index is 512. The molecule has 110 valence electrons. The lowest BCUT2D eigenvalue weighted by molar-refractivity contribution is -0.189. The van der Waals surface area contributed by atoms with E-state index in [0.717, 1.165) is 0 Å². The normalized spacial score (nSPS) is 51.5. The van der Waals surface area contributed by atoms with Gasteiger partial charge in [0, 0.05) is 17.9 Å². The molecule has 0 aromatic heterocycles. The molecule has 0 radical (unpaired) electrons. The van der Waals surface area contributed by atoms with Crippen molar-refractivity contribution in [3.63, 3.8) is 0 Å². The Morgan fingerprint density at radius 3 is 2.65 bits per heavy atom.